The monoisotopic (exact) mass is 346 g/mol. The zero-order chi connectivity index (χ0) is 15.7. The van der Waals surface area contributed by atoms with Gasteiger partial charge < -0.3 is 5.73 Å². The minimum Gasteiger partial charge on any atom is -0.330 e. The van der Waals surface area contributed by atoms with Crippen molar-refractivity contribution in [1.82, 2.24) is 4.31 Å². The van der Waals surface area contributed by atoms with Crippen LogP contribution in [0.5, 0.6) is 0 Å². The number of nitrogens with two attached hydrogens (primary N) is 1. The second kappa shape index (κ2) is 7.30. The molecule has 0 bridgehead atoms. The molecular weight excluding hydrogens is 320 g/mol. The fraction of sp³-hybridized carbons (Fsp3) is 0.625. The molecule has 1 unspecified atom stereocenters. The fourth-order valence-corrected chi connectivity index (χ4v) is 4.17. The van der Waals surface area contributed by atoms with Gasteiger partial charge in [0.15, 0.2) is 0 Å². The Morgan fingerprint density at radius 2 is 1.86 bits per heavy atom. The van der Waals surface area contributed by atoms with Crippen molar-refractivity contribution >= 4 is 22.4 Å². The van der Waals surface area contributed by atoms with Crippen LogP contribution in [0.1, 0.15) is 39.2 Å². The van der Waals surface area contributed by atoms with Crippen LogP contribution in [0.2, 0.25) is 0 Å². The van der Waals surface area contributed by atoms with E-state index in [-0.39, 0.29) is 23.7 Å². The van der Waals surface area contributed by atoms with E-state index in [9.17, 15) is 8.42 Å². The van der Waals surface area contributed by atoms with E-state index < -0.39 is 10.0 Å². The Bertz CT molecular complexity index is 585. The highest BCUT2D eigenvalue weighted by Gasteiger charge is 2.32. The molecule has 0 aliphatic carbocycles. The first-order valence-electron chi connectivity index (χ1n) is 7.62. The van der Waals surface area contributed by atoms with Gasteiger partial charge in [0, 0.05) is 13.1 Å². The van der Waals surface area contributed by atoms with E-state index in [0.717, 1.165) is 12.8 Å². The Hall–Kier alpha value is -0.620. The van der Waals surface area contributed by atoms with E-state index in [1.54, 1.807) is 16.4 Å². The van der Waals surface area contributed by atoms with Crippen molar-refractivity contribution in [2.24, 2.45) is 11.7 Å². The first-order chi connectivity index (χ1) is 9.81. The average Bonchev–Trinajstić information content (AvgIpc) is 2.97. The van der Waals surface area contributed by atoms with Crippen molar-refractivity contribution in [3.8, 4) is 0 Å². The van der Waals surface area contributed by atoms with Gasteiger partial charge in [0.25, 0.3) is 0 Å². The van der Waals surface area contributed by atoms with E-state index in [2.05, 4.69) is 20.8 Å². The van der Waals surface area contributed by atoms with E-state index in [0.29, 0.717) is 24.5 Å². The summed E-state index contributed by atoms with van der Waals surface area (Å²) in [4.78, 5) is 0.385. The first kappa shape index (κ1) is 19.4. The molecule has 0 saturated carbocycles. The molecule has 1 aliphatic rings. The SMILES string of the molecule is CCC(C)(C)c1ccc(S(=O)(=O)N2CCC(CN)C2)cc1.Cl. The molecule has 1 saturated heterocycles. The Morgan fingerprint density at radius 1 is 1.27 bits per heavy atom. The molecule has 1 atom stereocenters. The molecule has 0 radical (unpaired) electrons. The highest BCUT2D eigenvalue weighted by molar-refractivity contribution is 7.89. The van der Waals surface area contributed by atoms with Crippen LogP contribution < -0.4 is 5.73 Å². The van der Waals surface area contributed by atoms with Gasteiger partial charge in [0.2, 0.25) is 10.0 Å². The van der Waals surface area contributed by atoms with Crippen LogP contribution in [0.3, 0.4) is 0 Å². The third kappa shape index (κ3) is 3.82. The second-order valence-electron chi connectivity index (χ2n) is 6.52. The molecule has 1 aromatic rings. The zero-order valence-electron chi connectivity index (χ0n) is 13.6. The van der Waals surface area contributed by atoms with Crippen molar-refractivity contribution < 1.29 is 8.42 Å². The summed E-state index contributed by atoms with van der Waals surface area (Å²) in [5.41, 5.74) is 6.88. The predicted octanol–water partition coefficient (Wildman–Crippen LogP) is 2.77. The van der Waals surface area contributed by atoms with Crippen LogP contribution >= 0.6 is 12.4 Å². The maximum atomic E-state index is 12.6. The van der Waals surface area contributed by atoms with Crippen molar-refractivity contribution in [2.45, 2.75) is 43.9 Å². The third-order valence-corrected chi connectivity index (χ3v) is 6.62. The summed E-state index contributed by atoms with van der Waals surface area (Å²) in [7, 11) is -3.37. The number of hydrogen-bond acceptors (Lipinski definition) is 3. The van der Waals surface area contributed by atoms with Gasteiger partial charge in [-0.25, -0.2) is 8.42 Å². The Kier molecular flexibility index (Phi) is 6.45. The summed E-state index contributed by atoms with van der Waals surface area (Å²) in [6, 6.07) is 7.34. The quantitative estimate of drug-likeness (QED) is 0.891. The summed E-state index contributed by atoms with van der Waals surface area (Å²) in [5.74, 6) is 0.290. The van der Waals surface area contributed by atoms with E-state index >= 15 is 0 Å². The van der Waals surface area contributed by atoms with Crippen LogP contribution in [0, 0.1) is 5.92 Å². The smallest absolute Gasteiger partial charge is 0.243 e. The zero-order valence-corrected chi connectivity index (χ0v) is 15.2. The van der Waals surface area contributed by atoms with Gasteiger partial charge in [-0.3, -0.25) is 0 Å². The van der Waals surface area contributed by atoms with Gasteiger partial charge in [-0.2, -0.15) is 4.31 Å². The van der Waals surface area contributed by atoms with Crippen LogP contribution in [0.15, 0.2) is 29.2 Å². The third-order valence-electron chi connectivity index (χ3n) is 4.74. The number of halogens is 1. The summed E-state index contributed by atoms with van der Waals surface area (Å²) < 4.78 is 26.8. The molecule has 1 fully saturated rings. The topological polar surface area (TPSA) is 63.4 Å². The van der Waals surface area contributed by atoms with Gasteiger partial charge >= 0.3 is 0 Å². The van der Waals surface area contributed by atoms with Gasteiger partial charge in [0.1, 0.15) is 0 Å². The summed E-state index contributed by atoms with van der Waals surface area (Å²) >= 11 is 0. The van der Waals surface area contributed by atoms with Crippen LogP contribution in [-0.2, 0) is 15.4 Å². The average molecular weight is 347 g/mol. The van der Waals surface area contributed by atoms with Crippen molar-refractivity contribution in [3.05, 3.63) is 29.8 Å². The maximum Gasteiger partial charge on any atom is 0.243 e. The highest BCUT2D eigenvalue weighted by Crippen LogP contribution is 2.29. The van der Waals surface area contributed by atoms with E-state index in [1.807, 2.05) is 12.1 Å². The molecule has 6 heteroatoms. The summed E-state index contributed by atoms with van der Waals surface area (Å²) in [6.45, 7) is 8.15. The molecule has 1 aromatic carbocycles. The number of benzene rings is 1. The van der Waals surface area contributed by atoms with Crippen LogP contribution in [-0.4, -0.2) is 32.4 Å². The second-order valence-corrected chi connectivity index (χ2v) is 8.45. The lowest BCUT2D eigenvalue weighted by atomic mass is 9.82. The molecule has 1 aliphatic heterocycles. The van der Waals surface area contributed by atoms with Gasteiger partial charge in [-0.15, -0.1) is 12.4 Å². The molecular formula is C16H27ClN2O2S. The molecule has 22 heavy (non-hydrogen) atoms. The molecule has 2 N–H and O–H groups in total. The van der Waals surface area contributed by atoms with Gasteiger partial charge in [-0.1, -0.05) is 32.9 Å². The summed E-state index contributed by atoms with van der Waals surface area (Å²) in [5, 5.41) is 0. The Morgan fingerprint density at radius 3 is 2.32 bits per heavy atom. The summed E-state index contributed by atoms with van der Waals surface area (Å²) in [6.07, 6.45) is 1.88. The standard InChI is InChI=1S/C16H26N2O2S.ClH/c1-4-16(2,3)14-5-7-15(8-6-14)21(19,20)18-10-9-13(11-17)12-18;/h5-8,13H,4,9-12,17H2,1-3H3;1H. The van der Waals surface area contributed by atoms with Gasteiger partial charge in [-0.05, 0) is 48.4 Å². The number of sulfonamides is 1. The van der Waals surface area contributed by atoms with E-state index in [4.69, 9.17) is 5.73 Å². The Balaban J connectivity index is 0.00000242. The number of rotatable bonds is 5. The van der Waals surface area contributed by atoms with Crippen molar-refractivity contribution in [1.29, 1.82) is 0 Å². The maximum absolute atomic E-state index is 12.6. The number of hydrogen-bond donors (Lipinski definition) is 1. The molecule has 4 nitrogen and oxygen atoms in total. The first-order valence-corrected chi connectivity index (χ1v) is 9.06. The lowest BCUT2D eigenvalue weighted by Gasteiger charge is -2.24. The lowest BCUT2D eigenvalue weighted by molar-refractivity contribution is 0.458. The van der Waals surface area contributed by atoms with Crippen LogP contribution in [0.25, 0.3) is 0 Å². The lowest BCUT2D eigenvalue weighted by Crippen LogP contribution is -2.30. The molecule has 0 amide bonds. The predicted molar refractivity (Wildman–Crippen MR) is 92.9 cm³/mol. The van der Waals surface area contributed by atoms with Crippen molar-refractivity contribution in [2.75, 3.05) is 19.6 Å². The van der Waals surface area contributed by atoms with Crippen LogP contribution in [0.4, 0.5) is 0 Å². The highest BCUT2D eigenvalue weighted by atomic mass is 35.5. The number of nitrogens with zero attached hydrogens (tertiary/aromatic N) is 1. The molecule has 0 aromatic heterocycles. The molecule has 2 rings (SSSR count). The normalized spacial score (nSPS) is 19.9. The fourth-order valence-electron chi connectivity index (χ4n) is 2.64. The van der Waals surface area contributed by atoms with Crippen molar-refractivity contribution in [3.63, 3.8) is 0 Å². The minimum absolute atomic E-state index is 0. The Labute approximate surface area is 140 Å². The largest absolute Gasteiger partial charge is 0.330 e. The minimum atomic E-state index is -3.37. The van der Waals surface area contributed by atoms with Gasteiger partial charge in [0.05, 0.1) is 4.90 Å². The van der Waals surface area contributed by atoms with E-state index in [1.165, 1.54) is 5.56 Å². The molecule has 126 valence electrons. The molecule has 0 spiro atoms. The molecule has 1 heterocycles.